The number of amides is 1. The summed E-state index contributed by atoms with van der Waals surface area (Å²) in [5.41, 5.74) is -1.45. The molecule has 1 aliphatic heterocycles. The molecule has 0 spiro atoms. The molecule has 0 bridgehead atoms. The second-order valence-corrected chi connectivity index (χ2v) is 5.09. The topological polar surface area (TPSA) is 99.0 Å². The van der Waals surface area contributed by atoms with Gasteiger partial charge in [0, 0.05) is 0 Å². The summed E-state index contributed by atoms with van der Waals surface area (Å²) in [4.78, 5) is 12.0. The zero-order chi connectivity index (χ0) is 15.9. The van der Waals surface area contributed by atoms with E-state index in [2.05, 4.69) is 5.32 Å². The molecule has 2 aromatic rings. The molecule has 6 nitrogen and oxygen atoms in total. The molecule has 0 fully saturated rings. The monoisotopic (exact) mass is 301 g/mol. The van der Waals surface area contributed by atoms with Crippen LogP contribution in [0.15, 0.2) is 42.5 Å². The number of fused-ring (bicyclic) bond motifs is 1. The molecule has 22 heavy (non-hydrogen) atoms. The number of phenolic OH excluding ortho intramolecular Hbond substituents is 1. The number of aromatic hydroxyl groups is 1. The van der Waals surface area contributed by atoms with E-state index in [4.69, 9.17) is 4.74 Å². The van der Waals surface area contributed by atoms with Crippen molar-refractivity contribution in [2.45, 2.75) is 11.7 Å². The molecule has 2 atom stereocenters. The number of aliphatic hydroxyl groups excluding tert-OH is 1. The fourth-order valence-electron chi connectivity index (χ4n) is 2.72. The molecule has 6 heteroatoms. The standard InChI is InChI=1S/C16H15NO5/c1-22-10-7-5-9(6-8-10)16(21)13-11(3-2-4-12(13)18)17-15(20)14(16)19/h2-8,14,18-19,21H,1H3,(H,17,20)/t14-,16+/m1/s1. The minimum absolute atomic E-state index is 0.0623. The van der Waals surface area contributed by atoms with Crippen LogP contribution >= 0.6 is 0 Å². The lowest BCUT2D eigenvalue weighted by Gasteiger charge is -2.38. The van der Waals surface area contributed by atoms with E-state index in [0.717, 1.165) is 0 Å². The van der Waals surface area contributed by atoms with Gasteiger partial charge in [0.05, 0.1) is 18.4 Å². The normalized spacial score (nSPS) is 23.6. The van der Waals surface area contributed by atoms with Crippen LogP contribution in [-0.2, 0) is 10.4 Å². The summed E-state index contributed by atoms with van der Waals surface area (Å²) < 4.78 is 5.06. The molecule has 0 radical (unpaired) electrons. The first-order chi connectivity index (χ1) is 10.5. The van der Waals surface area contributed by atoms with Gasteiger partial charge in [0.25, 0.3) is 5.91 Å². The Kier molecular flexibility index (Phi) is 3.27. The van der Waals surface area contributed by atoms with Gasteiger partial charge in [-0.15, -0.1) is 0 Å². The second-order valence-electron chi connectivity index (χ2n) is 5.09. The zero-order valence-corrected chi connectivity index (χ0v) is 11.8. The number of anilines is 1. The van der Waals surface area contributed by atoms with Crippen molar-refractivity contribution in [1.82, 2.24) is 0 Å². The molecule has 3 rings (SSSR count). The Bertz CT molecular complexity index is 728. The van der Waals surface area contributed by atoms with Gasteiger partial charge < -0.3 is 25.4 Å². The van der Waals surface area contributed by atoms with E-state index >= 15 is 0 Å². The van der Waals surface area contributed by atoms with Gasteiger partial charge in [0.15, 0.2) is 11.7 Å². The number of carbonyl (C=O) groups excluding carboxylic acids is 1. The summed E-state index contributed by atoms with van der Waals surface area (Å²) in [6, 6.07) is 10.8. The van der Waals surface area contributed by atoms with Crippen molar-refractivity contribution in [2.24, 2.45) is 0 Å². The maximum Gasteiger partial charge on any atom is 0.256 e. The number of methoxy groups -OCH3 is 1. The average Bonchev–Trinajstić information content (AvgIpc) is 2.52. The fourth-order valence-corrected chi connectivity index (χ4v) is 2.72. The highest BCUT2D eigenvalue weighted by Crippen LogP contribution is 2.45. The third-order valence-electron chi connectivity index (χ3n) is 3.86. The molecule has 0 saturated carbocycles. The number of aliphatic hydroxyl groups is 2. The Hall–Kier alpha value is -2.57. The molecule has 114 valence electrons. The van der Waals surface area contributed by atoms with Crippen LogP contribution in [0.3, 0.4) is 0 Å². The van der Waals surface area contributed by atoms with Crippen molar-refractivity contribution < 1.29 is 24.9 Å². The Morgan fingerprint density at radius 1 is 1.18 bits per heavy atom. The average molecular weight is 301 g/mol. The lowest BCUT2D eigenvalue weighted by atomic mass is 9.77. The van der Waals surface area contributed by atoms with Crippen LogP contribution in [-0.4, -0.2) is 34.4 Å². The van der Waals surface area contributed by atoms with E-state index < -0.39 is 17.6 Å². The number of benzene rings is 2. The first kappa shape index (κ1) is 14.4. The van der Waals surface area contributed by atoms with Crippen molar-refractivity contribution in [3.8, 4) is 11.5 Å². The van der Waals surface area contributed by atoms with Crippen LogP contribution in [0.25, 0.3) is 0 Å². The van der Waals surface area contributed by atoms with Crippen molar-refractivity contribution in [2.75, 3.05) is 12.4 Å². The third-order valence-corrected chi connectivity index (χ3v) is 3.86. The minimum atomic E-state index is -2.05. The first-order valence-electron chi connectivity index (χ1n) is 6.66. The number of carbonyl (C=O) groups is 1. The lowest BCUT2D eigenvalue weighted by Crippen LogP contribution is -2.51. The highest BCUT2D eigenvalue weighted by molar-refractivity contribution is 6.00. The molecule has 0 aromatic heterocycles. The molecule has 2 aromatic carbocycles. The van der Waals surface area contributed by atoms with E-state index in [9.17, 15) is 20.1 Å². The molecule has 1 aliphatic rings. The Balaban J connectivity index is 2.24. The number of rotatable bonds is 2. The maximum atomic E-state index is 12.0. The molecular formula is C16H15NO5. The minimum Gasteiger partial charge on any atom is -0.507 e. The first-order valence-corrected chi connectivity index (χ1v) is 6.66. The molecule has 1 amide bonds. The lowest BCUT2D eigenvalue weighted by molar-refractivity contribution is -0.138. The Morgan fingerprint density at radius 2 is 1.86 bits per heavy atom. The molecule has 0 saturated heterocycles. The van der Waals surface area contributed by atoms with Gasteiger partial charge in [-0.3, -0.25) is 4.79 Å². The number of hydrogen-bond donors (Lipinski definition) is 4. The van der Waals surface area contributed by atoms with Gasteiger partial charge in [-0.2, -0.15) is 0 Å². The third kappa shape index (κ3) is 1.93. The Morgan fingerprint density at radius 3 is 2.50 bits per heavy atom. The molecule has 0 unspecified atom stereocenters. The Labute approximate surface area is 126 Å². The zero-order valence-electron chi connectivity index (χ0n) is 11.8. The van der Waals surface area contributed by atoms with Crippen LogP contribution in [0.1, 0.15) is 11.1 Å². The molecular weight excluding hydrogens is 286 g/mol. The van der Waals surface area contributed by atoms with E-state index in [1.165, 1.54) is 25.3 Å². The predicted molar refractivity (Wildman–Crippen MR) is 78.7 cm³/mol. The largest absolute Gasteiger partial charge is 0.507 e. The summed E-state index contributed by atoms with van der Waals surface area (Å²) in [5.74, 6) is -0.383. The van der Waals surface area contributed by atoms with E-state index in [1.54, 1.807) is 24.3 Å². The van der Waals surface area contributed by atoms with Crippen LogP contribution in [0, 0.1) is 0 Å². The molecule has 1 heterocycles. The number of hydrogen-bond acceptors (Lipinski definition) is 5. The summed E-state index contributed by atoms with van der Waals surface area (Å²) in [7, 11) is 1.51. The highest BCUT2D eigenvalue weighted by Gasteiger charge is 2.50. The fraction of sp³-hybridized carbons (Fsp3) is 0.188. The van der Waals surface area contributed by atoms with Gasteiger partial charge in [-0.25, -0.2) is 0 Å². The smallest absolute Gasteiger partial charge is 0.256 e. The summed E-state index contributed by atoms with van der Waals surface area (Å²) >= 11 is 0. The van der Waals surface area contributed by atoms with Crippen molar-refractivity contribution >= 4 is 11.6 Å². The van der Waals surface area contributed by atoms with Crippen LogP contribution in [0.5, 0.6) is 11.5 Å². The van der Waals surface area contributed by atoms with Crippen LogP contribution in [0.2, 0.25) is 0 Å². The number of nitrogens with one attached hydrogen (secondary N) is 1. The quantitative estimate of drug-likeness (QED) is 0.662. The van der Waals surface area contributed by atoms with Crippen molar-refractivity contribution in [1.29, 1.82) is 0 Å². The van der Waals surface area contributed by atoms with E-state index in [0.29, 0.717) is 5.75 Å². The van der Waals surface area contributed by atoms with E-state index in [-0.39, 0.29) is 22.6 Å². The maximum absolute atomic E-state index is 12.0. The summed E-state index contributed by atoms with van der Waals surface area (Å²) in [6.45, 7) is 0. The van der Waals surface area contributed by atoms with Crippen molar-refractivity contribution in [3.05, 3.63) is 53.6 Å². The highest BCUT2D eigenvalue weighted by atomic mass is 16.5. The van der Waals surface area contributed by atoms with Gasteiger partial charge in [-0.1, -0.05) is 18.2 Å². The molecule has 0 aliphatic carbocycles. The van der Waals surface area contributed by atoms with Gasteiger partial charge in [0.1, 0.15) is 11.5 Å². The van der Waals surface area contributed by atoms with Gasteiger partial charge in [-0.05, 0) is 29.8 Å². The summed E-state index contributed by atoms with van der Waals surface area (Å²) in [5, 5.41) is 33.9. The number of ether oxygens (including phenoxy) is 1. The SMILES string of the molecule is COc1ccc([C@]2(O)c3c(O)cccc3NC(=O)[C@H]2O)cc1. The molecule has 4 N–H and O–H groups in total. The number of phenols is 1. The van der Waals surface area contributed by atoms with E-state index in [1.807, 2.05) is 0 Å². The van der Waals surface area contributed by atoms with Gasteiger partial charge >= 0.3 is 0 Å². The summed E-state index contributed by atoms with van der Waals surface area (Å²) in [6.07, 6.45) is -1.75. The van der Waals surface area contributed by atoms with Crippen LogP contribution in [0.4, 0.5) is 5.69 Å². The van der Waals surface area contributed by atoms with Crippen LogP contribution < -0.4 is 10.1 Å². The van der Waals surface area contributed by atoms with Crippen molar-refractivity contribution in [3.63, 3.8) is 0 Å². The van der Waals surface area contributed by atoms with Gasteiger partial charge in [0.2, 0.25) is 0 Å². The second kappa shape index (κ2) is 5.01. The predicted octanol–water partition coefficient (Wildman–Crippen LogP) is 0.950.